The Morgan fingerprint density at radius 1 is 1.09 bits per heavy atom. The van der Waals surface area contributed by atoms with Crippen molar-refractivity contribution in [2.24, 2.45) is 0 Å². The van der Waals surface area contributed by atoms with Crippen molar-refractivity contribution in [1.29, 1.82) is 0 Å². The molecule has 180 valence electrons. The molecule has 0 atom stereocenters. The summed E-state index contributed by atoms with van der Waals surface area (Å²) in [5.41, 5.74) is 1.89. The Kier molecular flexibility index (Phi) is 5.72. The number of hydrogen-bond acceptors (Lipinski definition) is 6. The minimum absolute atomic E-state index is 0.128. The van der Waals surface area contributed by atoms with Gasteiger partial charge in [-0.25, -0.2) is 4.68 Å². The maximum Gasteiger partial charge on any atom is 0.268 e. The number of hydrogen-bond donors (Lipinski definition) is 1. The van der Waals surface area contributed by atoms with Crippen molar-refractivity contribution in [3.63, 3.8) is 0 Å². The van der Waals surface area contributed by atoms with E-state index in [0.29, 0.717) is 22.1 Å². The van der Waals surface area contributed by atoms with Crippen LogP contribution in [-0.4, -0.2) is 40.5 Å². The van der Waals surface area contributed by atoms with E-state index in [1.807, 2.05) is 68.8 Å². The number of amides is 2. The van der Waals surface area contributed by atoms with Gasteiger partial charge in [0, 0.05) is 22.7 Å². The molecule has 0 saturated heterocycles. The molecule has 1 aliphatic heterocycles. The van der Waals surface area contributed by atoms with Gasteiger partial charge in [0.05, 0.1) is 16.3 Å². The summed E-state index contributed by atoms with van der Waals surface area (Å²) < 4.78 is 12.8. The minimum atomic E-state index is -0.422. The molecule has 2 aromatic heterocycles. The number of anilines is 1. The van der Waals surface area contributed by atoms with E-state index in [4.69, 9.17) is 9.47 Å². The largest absolute Gasteiger partial charge is 0.454 e. The summed E-state index contributed by atoms with van der Waals surface area (Å²) in [5, 5.41) is 8.51. The van der Waals surface area contributed by atoms with Crippen LogP contribution in [0.25, 0.3) is 15.9 Å². The number of thiophene rings is 1. The number of nitrogens with one attached hydrogen (secondary N) is 1. The first kappa shape index (κ1) is 22.9. The van der Waals surface area contributed by atoms with Gasteiger partial charge in [-0.3, -0.25) is 14.5 Å². The van der Waals surface area contributed by atoms with Gasteiger partial charge < -0.3 is 14.8 Å². The highest BCUT2D eigenvalue weighted by Crippen LogP contribution is 2.37. The summed E-state index contributed by atoms with van der Waals surface area (Å²) in [6, 6.07) is 16.9. The molecule has 1 aliphatic rings. The molecule has 4 aromatic rings. The van der Waals surface area contributed by atoms with Crippen molar-refractivity contribution in [2.75, 3.05) is 18.2 Å². The molecule has 8 nitrogen and oxygen atoms in total. The van der Waals surface area contributed by atoms with Gasteiger partial charge in [-0.05, 0) is 58.0 Å². The number of carbonyl (C=O) groups is 2. The predicted molar refractivity (Wildman–Crippen MR) is 136 cm³/mol. The number of para-hydroxylation sites is 1. The average molecular weight is 491 g/mol. The Hall–Kier alpha value is -3.85. The Morgan fingerprint density at radius 2 is 1.83 bits per heavy atom. The van der Waals surface area contributed by atoms with Crippen LogP contribution in [-0.2, 0) is 4.79 Å². The first-order valence-corrected chi connectivity index (χ1v) is 12.1. The molecule has 9 heteroatoms. The molecule has 0 bridgehead atoms. The Bertz CT molecular complexity index is 1420. The highest BCUT2D eigenvalue weighted by molar-refractivity contribution is 7.20. The maximum absolute atomic E-state index is 13.8. The smallest absolute Gasteiger partial charge is 0.268 e. The van der Waals surface area contributed by atoms with E-state index in [-0.39, 0.29) is 25.2 Å². The van der Waals surface area contributed by atoms with Crippen LogP contribution >= 0.6 is 11.3 Å². The third-order valence-electron chi connectivity index (χ3n) is 5.49. The van der Waals surface area contributed by atoms with Gasteiger partial charge in [-0.2, -0.15) is 5.10 Å². The molecule has 0 radical (unpaired) electrons. The third kappa shape index (κ3) is 4.59. The summed E-state index contributed by atoms with van der Waals surface area (Å²) in [7, 11) is 0. The van der Waals surface area contributed by atoms with E-state index in [1.165, 1.54) is 16.2 Å². The van der Waals surface area contributed by atoms with Crippen molar-refractivity contribution in [1.82, 2.24) is 15.1 Å². The third-order valence-corrected chi connectivity index (χ3v) is 6.58. The molecule has 2 aromatic carbocycles. The number of ether oxygens (including phenoxy) is 2. The normalized spacial score (nSPS) is 12.7. The Labute approximate surface area is 207 Å². The van der Waals surface area contributed by atoms with Gasteiger partial charge in [0.2, 0.25) is 12.7 Å². The van der Waals surface area contributed by atoms with Gasteiger partial charge in [-0.1, -0.05) is 18.2 Å². The Balaban J connectivity index is 1.53. The van der Waals surface area contributed by atoms with Gasteiger partial charge >= 0.3 is 0 Å². The van der Waals surface area contributed by atoms with Gasteiger partial charge in [-0.15, -0.1) is 11.3 Å². The van der Waals surface area contributed by atoms with E-state index < -0.39 is 5.54 Å². The number of rotatable bonds is 5. The fourth-order valence-electron chi connectivity index (χ4n) is 3.96. The van der Waals surface area contributed by atoms with Crippen molar-refractivity contribution < 1.29 is 19.1 Å². The topological polar surface area (TPSA) is 85.7 Å². The lowest BCUT2D eigenvalue weighted by atomic mass is 10.1. The molecular formula is C26H26N4O4S. The number of carbonyl (C=O) groups excluding carboxylic acids is 2. The summed E-state index contributed by atoms with van der Waals surface area (Å²) in [4.78, 5) is 29.6. The molecule has 0 fully saturated rings. The summed E-state index contributed by atoms with van der Waals surface area (Å²) in [5.74, 6) is 0.633. The molecule has 1 N–H and O–H groups in total. The molecule has 0 saturated carbocycles. The number of fused-ring (bicyclic) bond motifs is 2. The zero-order chi connectivity index (χ0) is 24.7. The number of aromatic nitrogens is 2. The van der Waals surface area contributed by atoms with E-state index in [9.17, 15) is 9.59 Å². The van der Waals surface area contributed by atoms with E-state index in [1.54, 1.807) is 18.2 Å². The first-order chi connectivity index (χ1) is 16.7. The van der Waals surface area contributed by atoms with E-state index in [0.717, 1.165) is 21.6 Å². The standard InChI is InChI=1S/C26H26N4O4S/c1-16-19-13-22(35-25(19)30(28-16)17-8-6-5-7-9-17)24(32)29(14-23(31)27-26(2,3)4)18-10-11-20-21(12-18)34-15-33-20/h5-13H,14-15H2,1-4H3,(H,27,31). The molecule has 0 spiro atoms. The van der Waals surface area contributed by atoms with Crippen LogP contribution in [0, 0.1) is 6.92 Å². The highest BCUT2D eigenvalue weighted by Gasteiger charge is 2.27. The molecule has 0 unspecified atom stereocenters. The maximum atomic E-state index is 13.8. The van der Waals surface area contributed by atoms with Crippen molar-refractivity contribution in [3.05, 3.63) is 65.2 Å². The van der Waals surface area contributed by atoms with Crippen molar-refractivity contribution in [3.8, 4) is 17.2 Å². The van der Waals surface area contributed by atoms with Crippen LogP contribution < -0.4 is 19.7 Å². The lowest BCUT2D eigenvalue weighted by Crippen LogP contribution is -2.47. The van der Waals surface area contributed by atoms with Crippen LogP contribution in [0.4, 0.5) is 5.69 Å². The van der Waals surface area contributed by atoms with E-state index in [2.05, 4.69) is 10.4 Å². The van der Waals surface area contributed by atoms with Crippen LogP contribution in [0.15, 0.2) is 54.6 Å². The number of benzene rings is 2. The fourth-order valence-corrected chi connectivity index (χ4v) is 5.10. The summed E-state index contributed by atoms with van der Waals surface area (Å²) in [6.45, 7) is 7.64. The van der Waals surface area contributed by atoms with Crippen LogP contribution in [0.5, 0.6) is 11.5 Å². The molecule has 35 heavy (non-hydrogen) atoms. The minimum Gasteiger partial charge on any atom is -0.454 e. The molecule has 5 rings (SSSR count). The van der Waals surface area contributed by atoms with Crippen molar-refractivity contribution in [2.45, 2.75) is 33.2 Å². The van der Waals surface area contributed by atoms with Crippen molar-refractivity contribution >= 4 is 39.1 Å². The fraction of sp³-hybridized carbons (Fsp3) is 0.269. The number of aryl methyl sites for hydroxylation is 1. The number of nitrogens with zero attached hydrogens (tertiary/aromatic N) is 3. The summed E-state index contributed by atoms with van der Waals surface area (Å²) >= 11 is 1.36. The predicted octanol–water partition coefficient (Wildman–Crippen LogP) is 4.69. The second-order valence-corrected chi connectivity index (χ2v) is 10.4. The molecular weight excluding hydrogens is 464 g/mol. The first-order valence-electron chi connectivity index (χ1n) is 11.3. The van der Waals surface area contributed by atoms with Crippen LogP contribution in [0.3, 0.4) is 0 Å². The summed E-state index contributed by atoms with van der Waals surface area (Å²) in [6.07, 6.45) is 0. The lowest BCUT2D eigenvalue weighted by molar-refractivity contribution is -0.121. The second-order valence-electron chi connectivity index (χ2n) is 9.39. The lowest BCUT2D eigenvalue weighted by Gasteiger charge is -2.26. The highest BCUT2D eigenvalue weighted by atomic mass is 32.1. The van der Waals surface area contributed by atoms with Crippen LogP contribution in [0.2, 0.25) is 0 Å². The van der Waals surface area contributed by atoms with E-state index >= 15 is 0 Å². The second kappa shape index (κ2) is 8.74. The Morgan fingerprint density at radius 3 is 2.57 bits per heavy atom. The molecule has 3 heterocycles. The van der Waals surface area contributed by atoms with Gasteiger partial charge in [0.1, 0.15) is 11.4 Å². The SMILES string of the molecule is Cc1nn(-c2ccccc2)c2sc(C(=O)N(CC(=O)NC(C)(C)C)c3ccc4c(c3)OCO4)cc12. The monoisotopic (exact) mass is 490 g/mol. The molecule has 0 aliphatic carbocycles. The zero-order valence-electron chi connectivity index (χ0n) is 20.0. The van der Waals surface area contributed by atoms with Gasteiger partial charge in [0.15, 0.2) is 11.5 Å². The van der Waals surface area contributed by atoms with Crippen LogP contribution in [0.1, 0.15) is 36.1 Å². The average Bonchev–Trinajstić information content (AvgIpc) is 3.52. The van der Waals surface area contributed by atoms with Gasteiger partial charge in [0.25, 0.3) is 5.91 Å². The zero-order valence-corrected chi connectivity index (χ0v) is 20.8. The quantitative estimate of drug-likeness (QED) is 0.439. The molecule has 2 amide bonds.